The molecule has 0 aromatic heterocycles. The molecule has 0 radical (unpaired) electrons. The molecule has 1 N–H and O–H groups in total. The summed E-state index contributed by atoms with van der Waals surface area (Å²) in [6.07, 6.45) is -5.09. The van der Waals surface area contributed by atoms with Gasteiger partial charge >= 0.3 is 6.18 Å². The van der Waals surface area contributed by atoms with Crippen LogP contribution in [0, 0.1) is 0 Å². The van der Waals surface area contributed by atoms with Crippen LogP contribution in [0.5, 0.6) is 0 Å². The number of carbonyl (C=O) groups excluding carboxylic acids is 1. The number of hydrogen-bond donors (Lipinski definition) is 1. The Labute approximate surface area is 73.9 Å². The maximum atomic E-state index is 11.8. The maximum absolute atomic E-state index is 11.8. The molecule has 0 unspecified atom stereocenters. The highest BCUT2D eigenvalue weighted by molar-refractivity contribution is 5.78. The number of carbonyl (C=O) groups is 1. The average molecular weight is 196 g/mol. The highest BCUT2D eigenvalue weighted by Gasteiger charge is 2.29. The summed E-state index contributed by atoms with van der Waals surface area (Å²) in [4.78, 5) is 12.2. The van der Waals surface area contributed by atoms with Crippen molar-refractivity contribution in [3.63, 3.8) is 0 Å². The van der Waals surface area contributed by atoms with Gasteiger partial charge < -0.3 is 10.2 Å². The lowest BCUT2D eigenvalue weighted by molar-refractivity contribution is -0.146. The molecule has 0 aromatic carbocycles. The van der Waals surface area contributed by atoms with Gasteiger partial charge in [-0.2, -0.15) is 13.2 Å². The highest BCUT2D eigenvalue weighted by Crippen LogP contribution is 2.19. The lowest BCUT2D eigenvalue weighted by Gasteiger charge is -2.27. The molecule has 0 aliphatic carbocycles. The number of amides is 1. The van der Waals surface area contributed by atoms with Crippen molar-refractivity contribution < 1.29 is 18.0 Å². The minimum atomic E-state index is -4.18. The van der Waals surface area contributed by atoms with Gasteiger partial charge in [0.15, 0.2) is 0 Å². The molecule has 6 heteroatoms. The average Bonchev–Trinajstić information content (AvgIpc) is 2.01. The van der Waals surface area contributed by atoms with Crippen molar-refractivity contribution in [2.75, 3.05) is 26.2 Å². The zero-order chi connectivity index (χ0) is 9.90. The Kier molecular flexibility index (Phi) is 3.13. The lowest BCUT2D eigenvalue weighted by Crippen LogP contribution is -2.48. The highest BCUT2D eigenvalue weighted by atomic mass is 19.4. The van der Waals surface area contributed by atoms with E-state index < -0.39 is 12.6 Å². The normalized spacial score (nSPS) is 19.3. The Bertz CT molecular complexity index is 193. The molecule has 0 saturated carbocycles. The summed E-state index contributed by atoms with van der Waals surface area (Å²) >= 11 is 0. The third kappa shape index (κ3) is 3.63. The Morgan fingerprint density at radius 3 is 2.69 bits per heavy atom. The number of halogens is 3. The molecule has 0 aromatic rings. The molecular formula is C7H11F3N2O. The van der Waals surface area contributed by atoms with E-state index in [1.54, 1.807) is 0 Å². The van der Waals surface area contributed by atoms with Gasteiger partial charge in [0.2, 0.25) is 5.91 Å². The number of hydrogen-bond acceptors (Lipinski definition) is 2. The second-order valence-corrected chi connectivity index (χ2v) is 2.92. The molecule has 1 amide bonds. The molecule has 0 bridgehead atoms. The molecule has 1 rings (SSSR count). The van der Waals surface area contributed by atoms with Crippen molar-refractivity contribution in [3.05, 3.63) is 0 Å². The zero-order valence-electron chi connectivity index (χ0n) is 7.02. The van der Waals surface area contributed by atoms with E-state index in [0.29, 0.717) is 13.1 Å². The summed E-state index contributed by atoms with van der Waals surface area (Å²) in [5, 5.41) is 2.79. The molecule has 0 atom stereocenters. The van der Waals surface area contributed by atoms with Crippen molar-refractivity contribution in [1.29, 1.82) is 0 Å². The van der Waals surface area contributed by atoms with Gasteiger partial charge in [-0.3, -0.25) is 4.79 Å². The van der Waals surface area contributed by atoms with E-state index in [0.717, 1.165) is 0 Å². The van der Waals surface area contributed by atoms with Crippen LogP contribution in [-0.2, 0) is 4.79 Å². The van der Waals surface area contributed by atoms with E-state index in [-0.39, 0.29) is 19.0 Å². The summed E-state index contributed by atoms with van der Waals surface area (Å²) < 4.78 is 35.4. The fraction of sp³-hybridized carbons (Fsp3) is 0.857. The van der Waals surface area contributed by atoms with Crippen molar-refractivity contribution in [2.24, 2.45) is 0 Å². The molecule has 13 heavy (non-hydrogen) atoms. The van der Waals surface area contributed by atoms with E-state index in [1.165, 1.54) is 4.90 Å². The first-order valence-electron chi connectivity index (χ1n) is 4.04. The predicted octanol–water partition coefficient (Wildman–Crippen LogP) is 0.371. The lowest BCUT2D eigenvalue weighted by atomic mass is 10.3. The Morgan fingerprint density at radius 1 is 1.46 bits per heavy atom. The molecule has 1 aliphatic heterocycles. The molecule has 1 fully saturated rings. The van der Waals surface area contributed by atoms with Crippen molar-refractivity contribution in [1.82, 2.24) is 10.2 Å². The molecule has 1 heterocycles. The van der Waals surface area contributed by atoms with Crippen LogP contribution < -0.4 is 5.32 Å². The van der Waals surface area contributed by atoms with Crippen molar-refractivity contribution >= 4 is 5.91 Å². The first-order chi connectivity index (χ1) is 5.99. The smallest absolute Gasteiger partial charge is 0.340 e. The van der Waals surface area contributed by atoms with Gasteiger partial charge in [-0.15, -0.1) is 0 Å². The summed E-state index contributed by atoms with van der Waals surface area (Å²) in [5.41, 5.74) is 0. The predicted molar refractivity (Wildman–Crippen MR) is 40.1 cm³/mol. The first kappa shape index (κ1) is 10.3. The standard InChI is InChI=1S/C7H11F3N2O/c8-7(9,10)1-3-12-4-2-11-5-6(12)13/h11H,1-5H2. The van der Waals surface area contributed by atoms with E-state index in [2.05, 4.69) is 5.32 Å². The number of rotatable bonds is 2. The number of nitrogens with zero attached hydrogens (tertiary/aromatic N) is 1. The summed E-state index contributed by atoms with van der Waals surface area (Å²) in [7, 11) is 0. The zero-order valence-corrected chi connectivity index (χ0v) is 7.02. The molecule has 3 nitrogen and oxygen atoms in total. The third-order valence-electron chi connectivity index (χ3n) is 1.85. The van der Waals surface area contributed by atoms with Crippen LogP contribution in [0.4, 0.5) is 13.2 Å². The van der Waals surface area contributed by atoms with Gasteiger partial charge in [0.1, 0.15) is 0 Å². The fourth-order valence-corrected chi connectivity index (χ4v) is 1.14. The number of piperazine rings is 1. The van der Waals surface area contributed by atoms with Crippen LogP contribution >= 0.6 is 0 Å². The van der Waals surface area contributed by atoms with Crippen LogP contribution in [-0.4, -0.2) is 43.2 Å². The minimum Gasteiger partial charge on any atom is -0.340 e. The van der Waals surface area contributed by atoms with Gasteiger partial charge in [-0.25, -0.2) is 0 Å². The Hall–Kier alpha value is -0.780. The van der Waals surface area contributed by atoms with Gasteiger partial charge in [0.05, 0.1) is 13.0 Å². The first-order valence-corrected chi connectivity index (χ1v) is 4.04. The van der Waals surface area contributed by atoms with Crippen LogP contribution in [0.3, 0.4) is 0 Å². The molecule has 1 saturated heterocycles. The number of nitrogens with one attached hydrogen (secondary N) is 1. The topological polar surface area (TPSA) is 32.3 Å². The van der Waals surface area contributed by atoms with Gasteiger partial charge in [0.25, 0.3) is 0 Å². The van der Waals surface area contributed by atoms with Gasteiger partial charge in [-0.05, 0) is 0 Å². The summed E-state index contributed by atoms with van der Waals surface area (Å²) in [5.74, 6) is -0.254. The second kappa shape index (κ2) is 3.95. The summed E-state index contributed by atoms with van der Waals surface area (Å²) in [6.45, 7) is 0.875. The molecule has 76 valence electrons. The maximum Gasteiger partial charge on any atom is 0.390 e. The van der Waals surface area contributed by atoms with Crippen molar-refractivity contribution in [2.45, 2.75) is 12.6 Å². The monoisotopic (exact) mass is 196 g/mol. The molecule has 0 spiro atoms. The Balaban J connectivity index is 2.31. The largest absolute Gasteiger partial charge is 0.390 e. The van der Waals surface area contributed by atoms with Crippen LogP contribution in [0.1, 0.15) is 6.42 Å². The van der Waals surface area contributed by atoms with Gasteiger partial charge in [-0.1, -0.05) is 0 Å². The third-order valence-corrected chi connectivity index (χ3v) is 1.85. The Morgan fingerprint density at radius 2 is 2.15 bits per heavy atom. The van der Waals surface area contributed by atoms with E-state index in [1.807, 2.05) is 0 Å². The van der Waals surface area contributed by atoms with E-state index in [9.17, 15) is 18.0 Å². The van der Waals surface area contributed by atoms with Gasteiger partial charge in [0, 0.05) is 19.6 Å². The second-order valence-electron chi connectivity index (χ2n) is 2.92. The van der Waals surface area contributed by atoms with E-state index >= 15 is 0 Å². The SMILES string of the molecule is O=C1CNCCN1CCC(F)(F)F. The van der Waals surface area contributed by atoms with Crippen LogP contribution in [0.15, 0.2) is 0 Å². The molecular weight excluding hydrogens is 185 g/mol. The van der Waals surface area contributed by atoms with E-state index in [4.69, 9.17) is 0 Å². The quantitative estimate of drug-likeness (QED) is 0.692. The number of alkyl halides is 3. The van der Waals surface area contributed by atoms with Crippen LogP contribution in [0.25, 0.3) is 0 Å². The van der Waals surface area contributed by atoms with Crippen molar-refractivity contribution in [3.8, 4) is 0 Å². The summed E-state index contributed by atoms with van der Waals surface area (Å²) in [6, 6.07) is 0. The molecule has 1 aliphatic rings. The van der Waals surface area contributed by atoms with Crippen LogP contribution in [0.2, 0.25) is 0 Å². The minimum absolute atomic E-state index is 0.151. The fourth-order valence-electron chi connectivity index (χ4n) is 1.14.